The number of aliphatic hydroxyl groups is 1. The molecule has 2 rings (SSSR count). The summed E-state index contributed by atoms with van der Waals surface area (Å²) in [5, 5.41) is 12.5. The number of anilines is 1. The molecule has 0 aliphatic heterocycles. The molecule has 1 aromatic carbocycles. The van der Waals surface area contributed by atoms with Crippen LogP contribution in [0.4, 0.5) is 5.69 Å². The van der Waals surface area contributed by atoms with Gasteiger partial charge in [-0.2, -0.15) is 0 Å². The smallest absolute Gasteiger partial charge is 0.258 e. The number of benzene rings is 1. The molecule has 0 radical (unpaired) electrons. The normalized spacial score (nSPS) is 16.7. The second-order valence-corrected chi connectivity index (χ2v) is 4.72. The van der Waals surface area contributed by atoms with Gasteiger partial charge in [0.05, 0.1) is 5.60 Å². The fourth-order valence-corrected chi connectivity index (χ4v) is 1.83. The van der Waals surface area contributed by atoms with Crippen LogP contribution in [0.2, 0.25) is 0 Å². The zero-order valence-corrected chi connectivity index (χ0v) is 10.2. The highest BCUT2D eigenvalue weighted by Crippen LogP contribution is 2.30. The van der Waals surface area contributed by atoms with Crippen molar-refractivity contribution in [1.82, 2.24) is 5.32 Å². The summed E-state index contributed by atoms with van der Waals surface area (Å²) < 4.78 is 5.29. The minimum Gasteiger partial charge on any atom is -0.484 e. The van der Waals surface area contributed by atoms with Crippen molar-refractivity contribution in [2.24, 2.45) is 0 Å². The summed E-state index contributed by atoms with van der Waals surface area (Å²) in [5.41, 5.74) is 5.49. The molecule has 5 heteroatoms. The molecule has 98 valence electrons. The van der Waals surface area contributed by atoms with E-state index in [4.69, 9.17) is 10.5 Å². The Hall–Kier alpha value is -1.75. The number of hydrogen-bond acceptors (Lipinski definition) is 4. The SMILES string of the molecule is Nc1cccc(OCC(=O)NCC2(O)CCC2)c1. The van der Waals surface area contributed by atoms with Gasteiger partial charge in [-0.1, -0.05) is 6.07 Å². The molecule has 0 unspecified atom stereocenters. The molecule has 1 amide bonds. The molecule has 0 aromatic heterocycles. The molecule has 0 spiro atoms. The monoisotopic (exact) mass is 250 g/mol. The number of carbonyl (C=O) groups is 1. The Morgan fingerprint density at radius 2 is 2.28 bits per heavy atom. The third kappa shape index (κ3) is 3.37. The first kappa shape index (κ1) is 12.7. The molecule has 0 atom stereocenters. The number of ether oxygens (including phenoxy) is 1. The molecule has 1 aliphatic rings. The summed E-state index contributed by atoms with van der Waals surface area (Å²) >= 11 is 0. The molecule has 0 bridgehead atoms. The first-order chi connectivity index (χ1) is 8.57. The summed E-state index contributed by atoms with van der Waals surface area (Å²) in [5.74, 6) is 0.324. The zero-order chi connectivity index (χ0) is 13.0. The summed E-state index contributed by atoms with van der Waals surface area (Å²) in [6.07, 6.45) is 2.53. The van der Waals surface area contributed by atoms with E-state index in [1.54, 1.807) is 24.3 Å². The van der Waals surface area contributed by atoms with Gasteiger partial charge in [-0.05, 0) is 31.4 Å². The Morgan fingerprint density at radius 1 is 1.50 bits per heavy atom. The van der Waals surface area contributed by atoms with Crippen LogP contribution in [0, 0.1) is 0 Å². The molecule has 0 saturated heterocycles. The van der Waals surface area contributed by atoms with Crippen molar-refractivity contribution in [3.8, 4) is 5.75 Å². The van der Waals surface area contributed by atoms with E-state index in [1.165, 1.54) is 0 Å². The van der Waals surface area contributed by atoms with E-state index >= 15 is 0 Å². The minimum absolute atomic E-state index is 0.0699. The Labute approximate surface area is 106 Å². The van der Waals surface area contributed by atoms with Crippen molar-refractivity contribution in [2.45, 2.75) is 24.9 Å². The van der Waals surface area contributed by atoms with Crippen molar-refractivity contribution in [1.29, 1.82) is 0 Å². The predicted octanol–water partition coefficient (Wildman–Crippen LogP) is 0.679. The zero-order valence-electron chi connectivity index (χ0n) is 10.2. The van der Waals surface area contributed by atoms with E-state index < -0.39 is 5.60 Å². The lowest BCUT2D eigenvalue weighted by atomic mass is 9.80. The summed E-state index contributed by atoms with van der Waals surface area (Å²) in [4.78, 5) is 11.5. The van der Waals surface area contributed by atoms with Crippen molar-refractivity contribution in [2.75, 3.05) is 18.9 Å². The molecule has 1 fully saturated rings. The molecular weight excluding hydrogens is 232 g/mol. The van der Waals surface area contributed by atoms with Gasteiger partial charge in [0.1, 0.15) is 5.75 Å². The van der Waals surface area contributed by atoms with Gasteiger partial charge >= 0.3 is 0 Å². The van der Waals surface area contributed by atoms with E-state index in [1.807, 2.05) is 0 Å². The molecule has 1 aliphatic carbocycles. The van der Waals surface area contributed by atoms with Crippen LogP contribution < -0.4 is 15.8 Å². The van der Waals surface area contributed by atoms with Gasteiger partial charge in [0.15, 0.2) is 6.61 Å². The van der Waals surface area contributed by atoms with Crippen molar-refractivity contribution in [3.05, 3.63) is 24.3 Å². The highest BCUT2D eigenvalue weighted by atomic mass is 16.5. The van der Waals surface area contributed by atoms with Crippen molar-refractivity contribution < 1.29 is 14.6 Å². The van der Waals surface area contributed by atoms with Crippen LogP contribution in [-0.2, 0) is 4.79 Å². The lowest BCUT2D eigenvalue weighted by molar-refractivity contribution is -0.125. The maximum atomic E-state index is 11.5. The topological polar surface area (TPSA) is 84.6 Å². The molecule has 1 saturated carbocycles. The van der Waals surface area contributed by atoms with Gasteiger partial charge in [-0.15, -0.1) is 0 Å². The second-order valence-electron chi connectivity index (χ2n) is 4.72. The molecular formula is C13H18N2O3. The van der Waals surface area contributed by atoms with Gasteiger partial charge < -0.3 is 20.9 Å². The maximum Gasteiger partial charge on any atom is 0.258 e. The van der Waals surface area contributed by atoms with Crippen LogP contribution in [-0.4, -0.2) is 29.8 Å². The number of amides is 1. The standard InChI is InChI=1S/C13H18N2O3/c14-10-3-1-4-11(7-10)18-8-12(16)15-9-13(17)5-2-6-13/h1,3-4,7,17H,2,5-6,8-9,14H2,(H,15,16). The highest BCUT2D eigenvalue weighted by molar-refractivity contribution is 5.77. The molecule has 18 heavy (non-hydrogen) atoms. The van der Waals surface area contributed by atoms with E-state index in [2.05, 4.69) is 5.32 Å². The molecule has 1 aromatic rings. The fourth-order valence-electron chi connectivity index (χ4n) is 1.83. The van der Waals surface area contributed by atoms with Crippen LogP contribution in [0.15, 0.2) is 24.3 Å². The van der Waals surface area contributed by atoms with Gasteiger partial charge in [0.25, 0.3) is 5.91 Å². The lowest BCUT2D eigenvalue weighted by Crippen LogP contribution is -2.48. The Kier molecular flexibility index (Phi) is 3.72. The van der Waals surface area contributed by atoms with E-state index in [-0.39, 0.29) is 12.5 Å². The van der Waals surface area contributed by atoms with E-state index in [0.717, 1.165) is 19.3 Å². The van der Waals surface area contributed by atoms with Gasteiger partial charge in [0, 0.05) is 18.3 Å². The quantitative estimate of drug-likeness (QED) is 0.671. The van der Waals surface area contributed by atoms with Crippen LogP contribution in [0.25, 0.3) is 0 Å². The summed E-state index contributed by atoms with van der Waals surface area (Å²) in [6.45, 7) is 0.228. The van der Waals surface area contributed by atoms with Crippen LogP contribution in [0.3, 0.4) is 0 Å². The first-order valence-corrected chi connectivity index (χ1v) is 6.05. The van der Waals surface area contributed by atoms with Gasteiger partial charge in [-0.25, -0.2) is 0 Å². The van der Waals surface area contributed by atoms with Crippen LogP contribution in [0.5, 0.6) is 5.75 Å². The molecule has 0 heterocycles. The van der Waals surface area contributed by atoms with Gasteiger partial charge in [0.2, 0.25) is 0 Å². The Bertz CT molecular complexity index is 430. The van der Waals surface area contributed by atoms with Crippen molar-refractivity contribution >= 4 is 11.6 Å². The average molecular weight is 250 g/mol. The van der Waals surface area contributed by atoms with E-state index in [9.17, 15) is 9.90 Å². The number of rotatable bonds is 5. The number of nitrogens with one attached hydrogen (secondary N) is 1. The lowest BCUT2D eigenvalue weighted by Gasteiger charge is -2.36. The number of nitrogen functional groups attached to an aromatic ring is 1. The number of carbonyl (C=O) groups excluding carboxylic acids is 1. The number of hydrogen-bond donors (Lipinski definition) is 3. The average Bonchev–Trinajstić information content (AvgIpc) is 2.31. The summed E-state index contributed by atoms with van der Waals surface area (Å²) in [7, 11) is 0. The Balaban J connectivity index is 1.71. The summed E-state index contributed by atoms with van der Waals surface area (Å²) in [6, 6.07) is 6.91. The highest BCUT2D eigenvalue weighted by Gasteiger charge is 2.34. The Morgan fingerprint density at radius 3 is 2.89 bits per heavy atom. The largest absolute Gasteiger partial charge is 0.484 e. The van der Waals surface area contributed by atoms with Crippen molar-refractivity contribution in [3.63, 3.8) is 0 Å². The van der Waals surface area contributed by atoms with Crippen LogP contribution >= 0.6 is 0 Å². The third-order valence-electron chi connectivity index (χ3n) is 3.13. The second kappa shape index (κ2) is 5.27. The van der Waals surface area contributed by atoms with Gasteiger partial charge in [-0.3, -0.25) is 4.79 Å². The number of nitrogens with two attached hydrogens (primary N) is 1. The minimum atomic E-state index is -0.702. The first-order valence-electron chi connectivity index (χ1n) is 6.05. The predicted molar refractivity (Wildman–Crippen MR) is 68.2 cm³/mol. The molecule has 4 N–H and O–H groups in total. The molecule has 5 nitrogen and oxygen atoms in total. The fraction of sp³-hybridized carbons (Fsp3) is 0.462. The van der Waals surface area contributed by atoms with E-state index in [0.29, 0.717) is 18.0 Å². The van der Waals surface area contributed by atoms with Crippen LogP contribution in [0.1, 0.15) is 19.3 Å². The third-order valence-corrected chi connectivity index (χ3v) is 3.13. The maximum absolute atomic E-state index is 11.5.